The molecule has 4 heteroatoms. The molecule has 1 aromatic heterocycles. The van der Waals surface area contributed by atoms with Crippen molar-refractivity contribution in [1.82, 2.24) is 14.5 Å². The first-order valence-corrected chi connectivity index (χ1v) is 6.57. The van der Waals surface area contributed by atoms with Gasteiger partial charge in [0.2, 0.25) is 0 Å². The minimum Gasteiger partial charge on any atom is -0.333 e. The molecule has 0 amide bonds. The maximum absolute atomic E-state index is 4.38. The Morgan fingerprint density at radius 1 is 1.18 bits per heavy atom. The Hall–Kier alpha value is -1.13. The molecular formula is C13H14BrN3. The summed E-state index contributed by atoms with van der Waals surface area (Å²) >= 11 is 3.46. The number of hydrogen-bond donors (Lipinski definition) is 0. The summed E-state index contributed by atoms with van der Waals surface area (Å²) in [6, 6.07) is 8.54. The summed E-state index contributed by atoms with van der Waals surface area (Å²) in [5.74, 6) is 1.17. The minimum absolute atomic E-state index is 0.947. The quantitative estimate of drug-likeness (QED) is 0.848. The van der Waals surface area contributed by atoms with Crippen molar-refractivity contribution >= 4 is 15.9 Å². The second-order valence-electron chi connectivity index (χ2n) is 4.37. The van der Waals surface area contributed by atoms with E-state index in [1.165, 1.54) is 11.4 Å². The van der Waals surface area contributed by atoms with Crippen LogP contribution in [0.3, 0.4) is 0 Å². The van der Waals surface area contributed by atoms with Crippen LogP contribution in [-0.2, 0) is 19.6 Å². The van der Waals surface area contributed by atoms with E-state index in [2.05, 4.69) is 60.8 Å². The molecule has 2 heterocycles. The number of halogens is 1. The average molecular weight is 292 g/mol. The average Bonchev–Trinajstić information content (AvgIpc) is 2.79. The Morgan fingerprint density at radius 2 is 2.00 bits per heavy atom. The summed E-state index contributed by atoms with van der Waals surface area (Å²) in [4.78, 5) is 6.81. The third-order valence-corrected chi connectivity index (χ3v) is 3.67. The molecule has 88 valence electrons. The molecule has 0 saturated carbocycles. The molecule has 1 aromatic carbocycles. The maximum Gasteiger partial charge on any atom is 0.122 e. The summed E-state index contributed by atoms with van der Waals surface area (Å²) in [7, 11) is 0. The second-order valence-corrected chi connectivity index (χ2v) is 5.29. The first-order chi connectivity index (χ1) is 8.31. The van der Waals surface area contributed by atoms with Crippen LogP contribution < -0.4 is 0 Å². The van der Waals surface area contributed by atoms with Crippen molar-refractivity contribution < 1.29 is 0 Å². The number of rotatable bonds is 2. The molecule has 0 spiro atoms. The van der Waals surface area contributed by atoms with Gasteiger partial charge in [-0.25, -0.2) is 4.98 Å². The number of fused-ring (bicyclic) bond motifs is 1. The van der Waals surface area contributed by atoms with Gasteiger partial charge in [-0.2, -0.15) is 0 Å². The highest BCUT2D eigenvalue weighted by Gasteiger charge is 2.16. The molecule has 0 radical (unpaired) electrons. The van der Waals surface area contributed by atoms with Gasteiger partial charge in [0.25, 0.3) is 0 Å². The van der Waals surface area contributed by atoms with E-state index in [-0.39, 0.29) is 0 Å². The fraction of sp³-hybridized carbons (Fsp3) is 0.308. The van der Waals surface area contributed by atoms with Crippen LogP contribution in [0.25, 0.3) is 0 Å². The molecule has 1 aliphatic heterocycles. The van der Waals surface area contributed by atoms with Crippen molar-refractivity contribution in [3.05, 3.63) is 52.5 Å². The fourth-order valence-electron chi connectivity index (χ4n) is 2.21. The molecule has 0 bridgehead atoms. The third kappa shape index (κ3) is 2.42. The Balaban J connectivity index is 1.69. The number of benzene rings is 1. The topological polar surface area (TPSA) is 21.1 Å². The highest BCUT2D eigenvalue weighted by Crippen LogP contribution is 2.16. The molecule has 2 aromatic rings. The van der Waals surface area contributed by atoms with Crippen molar-refractivity contribution in [2.75, 3.05) is 6.54 Å². The van der Waals surface area contributed by atoms with Crippen LogP contribution in [0.5, 0.6) is 0 Å². The van der Waals surface area contributed by atoms with Gasteiger partial charge in [0.15, 0.2) is 0 Å². The monoisotopic (exact) mass is 291 g/mol. The number of imidazole rings is 1. The Kier molecular flexibility index (Phi) is 2.99. The number of aromatic nitrogens is 2. The third-order valence-electron chi connectivity index (χ3n) is 3.14. The predicted molar refractivity (Wildman–Crippen MR) is 70.5 cm³/mol. The lowest BCUT2D eigenvalue weighted by Crippen LogP contribution is -2.33. The van der Waals surface area contributed by atoms with Gasteiger partial charge in [-0.3, -0.25) is 4.90 Å². The molecule has 3 nitrogen and oxygen atoms in total. The summed E-state index contributed by atoms with van der Waals surface area (Å²) in [5, 5.41) is 0. The van der Waals surface area contributed by atoms with Crippen LogP contribution in [0.15, 0.2) is 41.1 Å². The van der Waals surface area contributed by atoms with Crippen LogP contribution in [0, 0.1) is 0 Å². The lowest BCUT2D eigenvalue weighted by molar-refractivity contribution is 0.209. The highest BCUT2D eigenvalue weighted by molar-refractivity contribution is 9.10. The molecule has 0 unspecified atom stereocenters. The van der Waals surface area contributed by atoms with Crippen LogP contribution in [0.1, 0.15) is 11.4 Å². The fourth-order valence-corrected chi connectivity index (χ4v) is 2.47. The van der Waals surface area contributed by atoms with Gasteiger partial charge >= 0.3 is 0 Å². The molecule has 0 atom stereocenters. The number of nitrogens with zero attached hydrogens (tertiary/aromatic N) is 3. The van der Waals surface area contributed by atoms with Crippen molar-refractivity contribution in [3.63, 3.8) is 0 Å². The first kappa shape index (κ1) is 11.0. The van der Waals surface area contributed by atoms with Crippen LogP contribution in [-0.4, -0.2) is 21.0 Å². The molecule has 0 fully saturated rings. The molecule has 0 saturated heterocycles. The van der Waals surface area contributed by atoms with Gasteiger partial charge in [0.05, 0.1) is 6.54 Å². The van der Waals surface area contributed by atoms with E-state index in [0.717, 1.165) is 30.7 Å². The van der Waals surface area contributed by atoms with Crippen LogP contribution in [0.4, 0.5) is 0 Å². The zero-order chi connectivity index (χ0) is 11.7. The molecule has 17 heavy (non-hydrogen) atoms. The summed E-state index contributed by atoms with van der Waals surface area (Å²) in [6.45, 7) is 4.09. The van der Waals surface area contributed by atoms with E-state index in [0.29, 0.717) is 0 Å². The summed E-state index contributed by atoms with van der Waals surface area (Å²) in [5.41, 5.74) is 1.35. The summed E-state index contributed by atoms with van der Waals surface area (Å²) < 4.78 is 3.37. The normalized spacial score (nSPS) is 15.8. The lowest BCUT2D eigenvalue weighted by atomic mass is 10.2. The molecular weight excluding hydrogens is 278 g/mol. The Bertz CT molecular complexity index is 504. The van der Waals surface area contributed by atoms with E-state index in [1.807, 2.05) is 6.20 Å². The molecule has 0 N–H and O–H groups in total. The predicted octanol–water partition coefficient (Wildman–Crippen LogP) is 2.66. The number of hydrogen-bond acceptors (Lipinski definition) is 2. The largest absolute Gasteiger partial charge is 0.333 e. The van der Waals surface area contributed by atoms with Gasteiger partial charge in [0, 0.05) is 36.5 Å². The van der Waals surface area contributed by atoms with Crippen molar-refractivity contribution in [1.29, 1.82) is 0 Å². The SMILES string of the molecule is Brc1ccc(CN2CCn3ccnc3C2)cc1. The lowest BCUT2D eigenvalue weighted by Gasteiger charge is -2.27. The van der Waals surface area contributed by atoms with E-state index >= 15 is 0 Å². The molecule has 1 aliphatic rings. The molecule has 3 rings (SSSR count). The standard InChI is InChI=1S/C13H14BrN3/c14-12-3-1-11(2-4-12)9-16-7-8-17-6-5-15-13(17)10-16/h1-6H,7-10H2. The first-order valence-electron chi connectivity index (χ1n) is 5.78. The van der Waals surface area contributed by atoms with Crippen LogP contribution >= 0.6 is 15.9 Å². The van der Waals surface area contributed by atoms with Gasteiger partial charge in [-0.15, -0.1) is 0 Å². The van der Waals surface area contributed by atoms with Gasteiger partial charge in [0.1, 0.15) is 5.82 Å². The Labute approximate surface area is 109 Å². The van der Waals surface area contributed by atoms with Crippen molar-refractivity contribution in [3.8, 4) is 0 Å². The maximum atomic E-state index is 4.38. The van der Waals surface area contributed by atoms with E-state index < -0.39 is 0 Å². The zero-order valence-electron chi connectivity index (χ0n) is 9.51. The van der Waals surface area contributed by atoms with Crippen molar-refractivity contribution in [2.24, 2.45) is 0 Å². The highest BCUT2D eigenvalue weighted by atomic mass is 79.9. The van der Waals surface area contributed by atoms with Gasteiger partial charge in [-0.1, -0.05) is 28.1 Å². The van der Waals surface area contributed by atoms with E-state index in [4.69, 9.17) is 0 Å². The second kappa shape index (κ2) is 4.63. The minimum atomic E-state index is 0.947. The van der Waals surface area contributed by atoms with Crippen LogP contribution in [0.2, 0.25) is 0 Å². The van der Waals surface area contributed by atoms with Gasteiger partial charge < -0.3 is 4.57 Å². The van der Waals surface area contributed by atoms with E-state index in [9.17, 15) is 0 Å². The summed E-state index contributed by atoms with van der Waals surface area (Å²) in [6.07, 6.45) is 3.95. The zero-order valence-corrected chi connectivity index (χ0v) is 11.1. The Morgan fingerprint density at radius 3 is 2.82 bits per heavy atom. The van der Waals surface area contributed by atoms with Crippen molar-refractivity contribution in [2.45, 2.75) is 19.6 Å². The smallest absolute Gasteiger partial charge is 0.122 e. The van der Waals surface area contributed by atoms with Gasteiger partial charge in [-0.05, 0) is 17.7 Å². The molecule has 0 aliphatic carbocycles. The van der Waals surface area contributed by atoms with E-state index in [1.54, 1.807) is 0 Å².